The average Bonchev–Trinajstić information content (AvgIpc) is 2.77. The Morgan fingerprint density at radius 2 is 1.86 bits per heavy atom. The van der Waals surface area contributed by atoms with Gasteiger partial charge < -0.3 is 31.3 Å². The van der Waals surface area contributed by atoms with E-state index in [0.29, 0.717) is 5.56 Å². The number of ketones is 2. The number of phenolic OH excluding ortho intramolecular Hbond substituents is 1. The quantitative estimate of drug-likeness (QED) is 0.261. The molecule has 10 nitrogen and oxygen atoms in total. The van der Waals surface area contributed by atoms with Gasteiger partial charge in [0.1, 0.15) is 22.8 Å². The van der Waals surface area contributed by atoms with Crippen molar-refractivity contribution in [2.75, 3.05) is 14.1 Å². The van der Waals surface area contributed by atoms with Gasteiger partial charge in [0.2, 0.25) is 5.78 Å². The van der Waals surface area contributed by atoms with Gasteiger partial charge in [0.25, 0.3) is 5.91 Å². The summed E-state index contributed by atoms with van der Waals surface area (Å²) in [6.07, 6.45) is -0.256. The van der Waals surface area contributed by atoms with Gasteiger partial charge in [-0.1, -0.05) is 25.6 Å². The van der Waals surface area contributed by atoms with Crippen molar-refractivity contribution in [3.8, 4) is 5.75 Å². The summed E-state index contributed by atoms with van der Waals surface area (Å²) in [7, 11) is 2.91. The van der Waals surface area contributed by atoms with Gasteiger partial charge in [0.05, 0.1) is 23.6 Å². The van der Waals surface area contributed by atoms with E-state index in [1.165, 1.54) is 25.1 Å². The Morgan fingerprint density at radius 1 is 1.23 bits per heavy atom. The Bertz CT molecular complexity index is 1300. The minimum Gasteiger partial charge on any atom is -0.508 e. The maximum absolute atomic E-state index is 13.8. The molecule has 7 N–H and O–H groups in total. The number of primary amides is 1. The molecule has 0 spiro atoms. The lowest BCUT2D eigenvalue weighted by Crippen LogP contribution is -2.70. The molecule has 10 heteroatoms. The fraction of sp³-hybridized carbons (Fsp3) is 0.360. The van der Waals surface area contributed by atoms with Crippen molar-refractivity contribution in [2.45, 2.75) is 30.6 Å². The number of carbonyl (C=O) groups is 3. The van der Waals surface area contributed by atoms with Crippen molar-refractivity contribution >= 4 is 29.3 Å². The van der Waals surface area contributed by atoms with Crippen molar-refractivity contribution in [2.24, 2.45) is 17.6 Å². The van der Waals surface area contributed by atoms with Crippen LogP contribution < -0.4 is 5.73 Å². The molecular formula is C25H26N2O8. The van der Waals surface area contributed by atoms with Crippen LogP contribution in [0.4, 0.5) is 0 Å². The molecule has 0 saturated heterocycles. The summed E-state index contributed by atoms with van der Waals surface area (Å²) in [6, 6.07) is 1.80. The Balaban J connectivity index is 2.07. The number of carbonyl (C=O) groups excluding carboxylic acids is 3. The first-order valence-electron chi connectivity index (χ1n) is 10.9. The number of phenols is 1. The number of fused-ring (bicyclic) bond motifs is 3. The molecule has 0 radical (unpaired) electrons. The fourth-order valence-corrected chi connectivity index (χ4v) is 5.86. The summed E-state index contributed by atoms with van der Waals surface area (Å²) >= 11 is 0. The number of aromatic hydroxyl groups is 1. The summed E-state index contributed by atoms with van der Waals surface area (Å²) in [5.41, 5.74) is 4.09. The maximum Gasteiger partial charge on any atom is 0.255 e. The molecule has 1 saturated carbocycles. The van der Waals surface area contributed by atoms with Crippen LogP contribution >= 0.6 is 0 Å². The molecule has 3 aliphatic rings. The minimum atomic E-state index is -2.93. The van der Waals surface area contributed by atoms with E-state index in [4.69, 9.17) is 5.73 Å². The number of rotatable bonds is 3. The molecule has 1 amide bonds. The van der Waals surface area contributed by atoms with Gasteiger partial charge in [-0.05, 0) is 31.7 Å². The summed E-state index contributed by atoms with van der Waals surface area (Å²) in [5, 5.41) is 56.0. The molecule has 6 atom stereocenters. The first kappa shape index (κ1) is 24.4. The van der Waals surface area contributed by atoms with E-state index < -0.39 is 75.6 Å². The monoisotopic (exact) mass is 482 g/mol. The predicted molar refractivity (Wildman–Crippen MR) is 124 cm³/mol. The molecule has 1 unspecified atom stereocenters. The van der Waals surface area contributed by atoms with E-state index in [1.54, 1.807) is 19.1 Å². The van der Waals surface area contributed by atoms with Crippen LogP contribution in [0.15, 0.2) is 41.3 Å². The average molecular weight is 482 g/mol. The van der Waals surface area contributed by atoms with Crippen LogP contribution in [0, 0.1) is 11.8 Å². The van der Waals surface area contributed by atoms with Gasteiger partial charge >= 0.3 is 0 Å². The third kappa shape index (κ3) is 2.98. The Labute approximate surface area is 200 Å². The number of amides is 1. The van der Waals surface area contributed by atoms with E-state index in [0.717, 1.165) is 0 Å². The van der Waals surface area contributed by atoms with Crippen LogP contribution in [0.5, 0.6) is 5.75 Å². The van der Waals surface area contributed by atoms with Gasteiger partial charge in [-0.25, -0.2) is 0 Å². The summed E-state index contributed by atoms with van der Waals surface area (Å²) < 4.78 is 0. The number of hydrogen-bond donors (Lipinski definition) is 6. The number of nitrogens with two attached hydrogens (primary N) is 1. The third-order valence-corrected chi connectivity index (χ3v) is 7.42. The lowest BCUT2D eigenvalue weighted by Gasteiger charge is -2.53. The first-order valence-corrected chi connectivity index (χ1v) is 10.9. The smallest absolute Gasteiger partial charge is 0.255 e. The molecule has 4 rings (SSSR count). The van der Waals surface area contributed by atoms with Crippen LogP contribution in [0.3, 0.4) is 0 Å². The van der Waals surface area contributed by atoms with E-state index in [1.807, 2.05) is 0 Å². The lowest BCUT2D eigenvalue weighted by atomic mass is 9.54. The Morgan fingerprint density at radius 3 is 2.40 bits per heavy atom. The summed E-state index contributed by atoms with van der Waals surface area (Å²) in [4.78, 5) is 40.3. The van der Waals surface area contributed by atoms with Crippen molar-refractivity contribution in [1.29, 1.82) is 0 Å². The van der Waals surface area contributed by atoms with Crippen LogP contribution in [0.2, 0.25) is 0 Å². The molecule has 1 aromatic carbocycles. The number of nitrogens with zero attached hydrogens (tertiary/aromatic N) is 1. The second-order valence-corrected chi connectivity index (χ2v) is 9.37. The van der Waals surface area contributed by atoms with Gasteiger partial charge in [-0.3, -0.25) is 19.3 Å². The first-order chi connectivity index (χ1) is 16.3. The lowest BCUT2D eigenvalue weighted by molar-refractivity contribution is -0.169. The van der Waals surface area contributed by atoms with E-state index in [-0.39, 0.29) is 16.9 Å². The van der Waals surface area contributed by atoms with Crippen molar-refractivity contribution in [3.05, 3.63) is 58.0 Å². The van der Waals surface area contributed by atoms with Gasteiger partial charge in [0.15, 0.2) is 11.4 Å². The van der Waals surface area contributed by atoms with Crippen LogP contribution in [0.25, 0.3) is 11.8 Å². The highest BCUT2D eigenvalue weighted by Crippen LogP contribution is 2.56. The van der Waals surface area contributed by atoms with Crippen LogP contribution in [0.1, 0.15) is 29.5 Å². The van der Waals surface area contributed by atoms with Crippen molar-refractivity contribution in [3.63, 3.8) is 0 Å². The van der Waals surface area contributed by atoms with Gasteiger partial charge in [-0.15, -0.1) is 5.73 Å². The highest BCUT2D eigenvalue weighted by molar-refractivity contribution is 6.24. The van der Waals surface area contributed by atoms with Crippen molar-refractivity contribution in [1.82, 2.24) is 4.90 Å². The molecule has 0 heterocycles. The molecule has 35 heavy (non-hydrogen) atoms. The highest BCUT2D eigenvalue weighted by Gasteiger charge is 2.68. The number of benzene rings is 1. The number of likely N-dealkylation sites (N-methyl/N-ethyl adjacent to an activating group) is 1. The third-order valence-electron chi connectivity index (χ3n) is 7.42. The Kier molecular flexibility index (Phi) is 5.53. The van der Waals surface area contributed by atoms with Gasteiger partial charge in [0, 0.05) is 17.1 Å². The van der Waals surface area contributed by atoms with E-state index in [9.17, 15) is 39.9 Å². The zero-order valence-electron chi connectivity index (χ0n) is 19.3. The molecule has 0 aliphatic heterocycles. The number of aliphatic hydroxyl groups excluding tert-OH is 3. The maximum atomic E-state index is 13.8. The van der Waals surface area contributed by atoms with E-state index in [2.05, 4.69) is 12.3 Å². The molecule has 3 aliphatic carbocycles. The fourth-order valence-electron chi connectivity index (χ4n) is 5.86. The normalized spacial score (nSPS) is 32.1. The molecule has 1 aromatic rings. The summed E-state index contributed by atoms with van der Waals surface area (Å²) in [6.45, 7) is 5.12. The van der Waals surface area contributed by atoms with Crippen LogP contribution in [-0.4, -0.2) is 79.7 Å². The molecule has 0 aromatic heterocycles. The molecule has 184 valence electrons. The standard InChI is InChI=1S/C25H26N2O8/c1-5-6-10-7-8-11-9(2)12-14(19(29)13(11)18(10)28)22(32)25(35)16(20(12)30)17(27(3)4)21(31)15(23(25)33)24(26)34/h6-9,12,16-17,20,28-30,33,35H,1H2,2-4H3,(H2,26,34)/t9-,12+,16+,17?,20-,25-/m0/s1. The second kappa shape index (κ2) is 7.93. The van der Waals surface area contributed by atoms with Gasteiger partial charge in [-0.2, -0.15) is 0 Å². The minimum absolute atomic E-state index is 0.0787. The summed E-state index contributed by atoms with van der Waals surface area (Å²) in [5.74, 6) is -9.17. The Hall–Kier alpha value is -3.69. The number of aliphatic hydroxyl groups is 4. The number of hydrogen-bond acceptors (Lipinski definition) is 9. The largest absolute Gasteiger partial charge is 0.508 e. The van der Waals surface area contributed by atoms with E-state index >= 15 is 0 Å². The molecular weight excluding hydrogens is 456 g/mol. The molecule has 0 bridgehead atoms. The van der Waals surface area contributed by atoms with Crippen LogP contribution in [-0.2, 0) is 14.4 Å². The van der Waals surface area contributed by atoms with Crippen molar-refractivity contribution < 1.29 is 39.9 Å². The zero-order chi connectivity index (χ0) is 26.1. The second-order valence-electron chi connectivity index (χ2n) is 9.37. The number of Topliss-reactive ketones (excluding diaryl/α,β-unsaturated/α-hetero) is 2. The SMILES string of the molecule is C=C=Cc1ccc2c(c1O)C(O)=C1C(=O)[C@]3(O)C(O)=C(C(N)=O)C(=O)C(N(C)C)[C@@H]3[C@@H](O)[C@@H]1[C@H]2C. The predicted octanol–water partition coefficient (Wildman–Crippen LogP) is 0.294. The molecule has 1 fully saturated rings. The topological polar surface area (TPSA) is 182 Å². The highest BCUT2D eigenvalue weighted by atomic mass is 16.4. The zero-order valence-corrected chi connectivity index (χ0v) is 19.3.